The van der Waals surface area contributed by atoms with E-state index in [1.807, 2.05) is 14.0 Å². The fourth-order valence-corrected chi connectivity index (χ4v) is 1.49. The molecule has 0 spiro atoms. The van der Waals surface area contributed by atoms with Gasteiger partial charge < -0.3 is 10.4 Å². The van der Waals surface area contributed by atoms with E-state index in [1.54, 1.807) is 0 Å². The summed E-state index contributed by atoms with van der Waals surface area (Å²) in [6, 6.07) is 0.123. The second-order valence-corrected chi connectivity index (χ2v) is 3.04. The first-order valence-electron chi connectivity index (χ1n) is 4.57. The topological polar surface area (TPSA) is 49.3 Å². The summed E-state index contributed by atoms with van der Waals surface area (Å²) in [6.07, 6.45) is 2.65. The quantitative estimate of drug-likeness (QED) is 0.639. The van der Waals surface area contributed by atoms with Gasteiger partial charge in [0.05, 0.1) is 5.92 Å². The number of carbonyl (C=O) groups is 1. The van der Waals surface area contributed by atoms with Crippen molar-refractivity contribution in [1.29, 1.82) is 0 Å². The minimum atomic E-state index is -0.690. The second-order valence-electron chi connectivity index (χ2n) is 3.04. The van der Waals surface area contributed by atoms with Crippen LogP contribution in [0.5, 0.6) is 0 Å². The summed E-state index contributed by atoms with van der Waals surface area (Å²) in [7, 11) is 1.83. The third-order valence-electron chi connectivity index (χ3n) is 2.21. The van der Waals surface area contributed by atoms with Gasteiger partial charge in [0.2, 0.25) is 0 Å². The molecule has 0 amide bonds. The molecule has 0 aliphatic heterocycles. The third-order valence-corrected chi connectivity index (χ3v) is 2.21. The minimum absolute atomic E-state index is 0.123. The maximum atomic E-state index is 10.8. The molecule has 3 heteroatoms. The number of rotatable bonds is 6. The van der Waals surface area contributed by atoms with Crippen LogP contribution in [0.4, 0.5) is 0 Å². The largest absolute Gasteiger partial charge is 0.481 e. The third kappa shape index (κ3) is 3.22. The average Bonchev–Trinajstić information content (AvgIpc) is 2.03. The van der Waals surface area contributed by atoms with Crippen LogP contribution in [0.2, 0.25) is 0 Å². The van der Waals surface area contributed by atoms with Crippen molar-refractivity contribution in [2.75, 3.05) is 7.05 Å². The van der Waals surface area contributed by atoms with Crippen LogP contribution in [-0.2, 0) is 4.79 Å². The molecule has 0 aliphatic carbocycles. The lowest BCUT2D eigenvalue weighted by molar-refractivity contribution is -0.142. The zero-order chi connectivity index (χ0) is 9.56. The highest BCUT2D eigenvalue weighted by molar-refractivity contribution is 5.70. The van der Waals surface area contributed by atoms with E-state index in [0.29, 0.717) is 6.42 Å². The molecule has 12 heavy (non-hydrogen) atoms. The first-order chi connectivity index (χ1) is 5.67. The maximum Gasteiger partial charge on any atom is 0.308 e. The molecule has 2 unspecified atom stereocenters. The summed E-state index contributed by atoms with van der Waals surface area (Å²) in [4.78, 5) is 10.8. The SMILES string of the molecule is CCCC(NC)C(CC)C(=O)O. The first-order valence-corrected chi connectivity index (χ1v) is 4.57. The molecule has 0 saturated heterocycles. The highest BCUT2D eigenvalue weighted by atomic mass is 16.4. The van der Waals surface area contributed by atoms with E-state index in [4.69, 9.17) is 5.11 Å². The van der Waals surface area contributed by atoms with E-state index in [1.165, 1.54) is 0 Å². The average molecular weight is 173 g/mol. The minimum Gasteiger partial charge on any atom is -0.481 e. The zero-order valence-electron chi connectivity index (χ0n) is 8.13. The summed E-state index contributed by atoms with van der Waals surface area (Å²) < 4.78 is 0. The number of hydrogen-bond acceptors (Lipinski definition) is 2. The van der Waals surface area contributed by atoms with E-state index in [2.05, 4.69) is 12.2 Å². The van der Waals surface area contributed by atoms with Crippen molar-refractivity contribution in [2.45, 2.75) is 39.2 Å². The fraction of sp³-hybridized carbons (Fsp3) is 0.889. The van der Waals surface area contributed by atoms with Crippen molar-refractivity contribution in [3.8, 4) is 0 Å². The van der Waals surface area contributed by atoms with Crippen molar-refractivity contribution < 1.29 is 9.90 Å². The zero-order valence-corrected chi connectivity index (χ0v) is 8.13. The summed E-state index contributed by atoms with van der Waals surface area (Å²) >= 11 is 0. The Morgan fingerprint density at radius 1 is 1.50 bits per heavy atom. The molecule has 72 valence electrons. The molecule has 0 heterocycles. The Bertz CT molecular complexity index is 136. The normalized spacial score (nSPS) is 15.6. The van der Waals surface area contributed by atoms with Crippen LogP contribution < -0.4 is 5.32 Å². The van der Waals surface area contributed by atoms with Crippen molar-refractivity contribution in [3.63, 3.8) is 0 Å². The number of hydrogen-bond donors (Lipinski definition) is 2. The molecule has 0 bridgehead atoms. The Kier molecular flexibility index (Phi) is 5.72. The second kappa shape index (κ2) is 6.00. The molecule has 0 radical (unpaired) electrons. The first kappa shape index (κ1) is 11.4. The maximum absolute atomic E-state index is 10.8. The Morgan fingerprint density at radius 2 is 2.08 bits per heavy atom. The van der Waals surface area contributed by atoms with Crippen molar-refractivity contribution in [3.05, 3.63) is 0 Å². The van der Waals surface area contributed by atoms with Crippen LogP contribution >= 0.6 is 0 Å². The smallest absolute Gasteiger partial charge is 0.308 e. The lowest BCUT2D eigenvalue weighted by Crippen LogP contribution is -2.37. The Labute approximate surface area is 74.2 Å². The van der Waals surface area contributed by atoms with Gasteiger partial charge >= 0.3 is 5.97 Å². The molecule has 0 aromatic rings. The fourth-order valence-electron chi connectivity index (χ4n) is 1.49. The summed E-state index contributed by atoms with van der Waals surface area (Å²) in [5.74, 6) is -0.930. The predicted octanol–water partition coefficient (Wildman–Crippen LogP) is 1.49. The van der Waals surface area contributed by atoms with E-state index in [9.17, 15) is 4.79 Å². The van der Waals surface area contributed by atoms with E-state index in [-0.39, 0.29) is 12.0 Å². The Morgan fingerprint density at radius 3 is 2.33 bits per heavy atom. The van der Waals surface area contributed by atoms with Gasteiger partial charge in [0.1, 0.15) is 0 Å². The van der Waals surface area contributed by atoms with Gasteiger partial charge in [-0.3, -0.25) is 4.79 Å². The summed E-state index contributed by atoms with van der Waals surface area (Å²) in [5.41, 5.74) is 0. The van der Waals surface area contributed by atoms with Crippen molar-refractivity contribution in [2.24, 2.45) is 5.92 Å². The van der Waals surface area contributed by atoms with E-state index >= 15 is 0 Å². The molecular formula is C9H19NO2. The standard InChI is InChI=1S/C9H19NO2/c1-4-6-8(10-3)7(5-2)9(11)12/h7-8,10H,4-6H2,1-3H3,(H,11,12). The number of carboxylic acid groups (broad SMARTS) is 1. The molecule has 0 aliphatic rings. The highest BCUT2D eigenvalue weighted by Gasteiger charge is 2.23. The Hall–Kier alpha value is -0.570. The monoisotopic (exact) mass is 173 g/mol. The summed E-state index contributed by atoms with van der Waals surface area (Å²) in [5, 5.41) is 11.9. The predicted molar refractivity (Wildman–Crippen MR) is 49.2 cm³/mol. The van der Waals surface area contributed by atoms with Crippen LogP contribution in [0.15, 0.2) is 0 Å². The van der Waals surface area contributed by atoms with Gasteiger partial charge in [-0.25, -0.2) is 0 Å². The van der Waals surface area contributed by atoms with Crippen LogP contribution in [0.25, 0.3) is 0 Å². The molecule has 2 atom stereocenters. The van der Waals surface area contributed by atoms with Gasteiger partial charge in [-0.2, -0.15) is 0 Å². The molecule has 3 nitrogen and oxygen atoms in total. The molecule has 2 N–H and O–H groups in total. The van der Waals surface area contributed by atoms with Crippen LogP contribution in [0, 0.1) is 5.92 Å². The van der Waals surface area contributed by atoms with Crippen molar-refractivity contribution >= 4 is 5.97 Å². The Balaban J connectivity index is 4.12. The molecule has 0 aromatic carbocycles. The van der Waals surface area contributed by atoms with Gasteiger partial charge in [0.15, 0.2) is 0 Å². The molecule has 0 saturated carbocycles. The lowest BCUT2D eigenvalue weighted by atomic mass is 9.94. The van der Waals surface area contributed by atoms with Gasteiger partial charge in [-0.05, 0) is 19.9 Å². The van der Waals surface area contributed by atoms with E-state index < -0.39 is 5.97 Å². The molecule has 0 fully saturated rings. The summed E-state index contributed by atoms with van der Waals surface area (Å²) in [6.45, 7) is 3.98. The number of carboxylic acids is 1. The number of aliphatic carboxylic acids is 1. The van der Waals surface area contributed by atoms with Crippen molar-refractivity contribution in [1.82, 2.24) is 5.32 Å². The highest BCUT2D eigenvalue weighted by Crippen LogP contribution is 2.13. The van der Waals surface area contributed by atoms with Gasteiger partial charge in [-0.15, -0.1) is 0 Å². The molecular weight excluding hydrogens is 154 g/mol. The van der Waals surface area contributed by atoms with Gasteiger partial charge in [-0.1, -0.05) is 20.3 Å². The lowest BCUT2D eigenvalue weighted by Gasteiger charge is -2.21. The van der Waals surface area contributed by atoms with Gasteiger partial charge in [0.25, 0.3) is 0 Å². The molecule has 0 aromatic heterocycles. The van der Waals surface area contributed by atoms with E-state index in [0.717, 1.165) is 12.8 Å². The van der Waals surface area contributed by atoms with Gasteiger partial charge in [0, 0.05) is 6.04 Å². The van der Waals surface area contributed by atoms with Crippen LogP contribution in [0.1, 0.15) is 33.1 Å². The van der Waals surface area contributed by atoms with Crippen LogP contribution in [0.3, 0.4) is 0 Å². The number of nitrogens with one attached hydrogen (secondary N) is 1. The molecule has 0 rings (SSSR count). The van der Waals surface area contributed by atoms with Crippen LogP contribution in [-0.4, -0.2) is 24.2 Å².